The molecule has 0 radical (unpaired) electrons. The average molecular weight is 222 g/mol. The highest BCUT2D eigenvalue weighted by molar-refractivity contribution is 5.56. The topological polar surface area (TPSA) is 33.3 Å². The number of ether oxygens (including phenoxy) is 1. The fourth-order valence-electron chi connectivity index (χ4n) is 1.43. The van der Waals surface area contributed by atoms with E-state index in [9.17, 15) is 0 Å². The molecule has 0 saturated carbocycles. The van der Waals surface area contributed by atoms with Crippen molar-refractivity contribution in [1.82, 2.24) is 5.32 Å². The minimum absolute atomic E-state index is 0.169. The van der Waals surface area contributed by atoms with Gasteiger partial charge in [-0.2, -0.15) is 0 Å². The summed E-state index contributed by atoms with van der Waals surface area (Å²) in [6, 6.07) is 7.95. The molecule has 16 heavy (non-hydrogen) atoms. The molecule has 0 fully saturated rings. The highest BCUT2D eigenvalue weighted by Crippen LogP contribution is 2.22. The molecule has 0 aliphatic heterocycles. The van der Waals surface area contributed by atoms with Crippen LogP contribution in [0.4, 0.5) is 5.69 Å². The lowest BCUT2D eigenvalue weighted by Crippen LogP contribution is -2.38. The molecule has 2 N–H and O–H groups in total. The van der Waals surface area contributed by atoms with E-state index in [-0.39, 0.29) is 5.54 Å². The summed E-state index contributed by atoms with van der Waals surface area (Å²) in [5, 5.41) is 6.78. The number of methoxy groups -OCH3 is 1. The van der Waals surface area contributed by atoms with Gasteiger partial charge in [-0.1, -0.05) is 12.1 Å². The van der Waals surface area contributed by atoms with Gasteiger partial charge in [-0.3, -0.25) is 0 Å². The highest BCUT2D eigenvalue weighted by Gasteiger charge is 2.07. The van der Waals surface area contributed by atoms with Gasteiger partial charge in [0, 0.05) is 18.6 Å². The van der Waals surface area contributed by atoms with Crippen LogP contribution in [0.5, 0.6) is 5.75 Å². The minimum atomic E-state index is 0.169. The van der Waals surface area contributed by atoms with E-state index < -0.39 is 0 Å². The monoisotopic (exact) mass is 222 g/mol. The molecule has 90 valence electrons. The van der Waals surface area contributed by atoms with Crippen molar-refractivity contribution in [2.24, 2.45) is 0 Å². The second-order valence-corrected chi connectivity index (χ2v) is 4.80. The maximum atomic E-state index is 5.26. The van der Waals surface area contributed by atoms with Crippen LogP contribution in [0.1, 0.15) is 20.8 Å². The summed E-state index contributed by atoms with van der Waals surface area (Å²) in [6.07, 6.45) is 0. The predicted molar refractivity (Wildman–Crippen MR) is 69.2 cm³/mol. The molecule has 0 spiro atoms. The van der Waals surface area contributed by atoms with Gasteiger partial charge in [-0.05, 0) is 32.9 Å². The van der Waals surface area contributed by atoms with E-state index in [0.29, 0.717) is 0 Å². The fraction of sp³-hybridized carbons (Fsp3) is 0.538. The van der Waals surface area contributed by atoms with Crippen molar-refractivity contribution in [3.8, 4) is 5.75 Å². The molecule has 1 rings (SSSR count). The Hall–Kier alpha value is -1.22. The Bertz CT molecular complexity index is 318. The van der Waals surface area contributed by atoms with E-state index >= 15 is 0 Å². The standard InChI is InChI=1S/C13H22N2O/c1-13(2,3)15-10-9-14-11-7-5-6-8-12(11)16-4/h5-8,14-15H,9-10H2,1-4H3. The number of rotatable bonds is 5. The van der Waals surface area contributed by atoms with E-state index in [4.69, 9.17) is 4.74 Å². The van der Waals surface area contributed by atoms with Gasteiger partial charge in [0.05, 0.1) is 12.8 Å². The third-order valence-electron chi connectivity index (χ3n) is 2.20. The second kappa shape index (κ2) is 5.75. The van der Waals surface area contributed by atoms with E-state index in [1.807, 2.05) is 24.3 Å². The van der Waals surface area contributed by atoms with Crippen molar-refractivity contribution in [3.63, 3.8) is 0 Å². The SMILES string of the molecule is COc1ccccc1NCCNC(C)(C)C. The summed E-state index contributed by atoms with van der Waals surface area (Å²) in [7, 11) is 1.69. The lowest BCUT2D eigenvalue weighted by atomic mass is 10.1. The first kappa shape index (κ1) is 12.8. The zero-order chi connectivity index (χ0) is 12.0. The second-order valence-electron chi connectivity index (χ2n) is 4.80. The zero-order valence-corrected chi connectivity index (χ0v) is 10.6. The Balaban J connectivity index is 2.37. The zero-order valence-electron chi connectivity index (χ0n) is 10.6. The molecule has 3 heteroatoms. The Morgan fingerprint density at radius 3 is 2.44 bits per heavy atom. The van der Waals surface area contributed by atoms with Gasteiger partial charge >= 0.3 is 0 Å². The van der Waals surface area contributed by atoms with Crippen LogP contribution in [0, 0.1) is 0 Å². The van der Waals surface area contributed by atoms with Gasteiger partial charge in [0.25, 0.3) is 0 Å². The number of para-hydroxylation sites is 2. The van der Waals surface area contributed by atoms with Crippen molar-refractivity contribution >= 4 is 5.69 Å². The molecule has 0 aliphatic rings. The largest absolute Gasteiger partial charge is 0.495 e. The number of benzene rings is 1. The van der Waals surface area contributed by atoms with Gasteiger partial charge in [0.15, 0.2) is 0 Å². The summed E-state index contributed by atoms with van der Waals surface area (Å²) in [5.74, 6) is 0.887. The van der Waals surface area contributed by atoms with Gasteiger partial charge in [0.2, 0.25) is 0 Å². The molecule has 0 aromatic heterocycles. The van der Waals surface area contributed by atoms with Gasteiger partial charge in [-0.15, -0.1) is 0 Å². The minimum Gasteiger partial charge on any atom is -0.495 e. The lowest BCUT2D eigenvalue weighted by Gasteiger charge is -2.21. The number of hydrogen-bond donors (Lipinski definition) is 2. The van der Waals surface area contributed by atoms with Crippen LogP contribution in [-0.4, -0.2) is 25.7 Å². The van der Waals surface area contributed by atoms with Crippen molar-refractivity contribution in [2.45, 2.75) is 26.3 Å². The maximum absolute atomic E-state index is 5.26. The maximum Gasteiger partial charge on any atom is 0.141 e. The van der Waals surface area contributed by atoms with E-state index in [1.165, 1.54) is 0 Å². The smallest absolute Gasteiger partial charge is 0.141 e. The van der Waals surface area contributed by atoms with Gasteiger partial charge < -0.3 is 15.4 Å². The molecular formula is C13H22N2O. The molecular weight excluding hydrogens is 200 g/mol. The predicted octanol–water partition coefficient (Wildman–Crippen LogP) is 2.50. The molecule has 0 aliphatic carbocycles. The molecule has 0 atom stereocenters. The summed E-state index contributed by atoms with van der Waals surface area (Å²) in [5.41, 5.74) is 1.21. The summed E-state index contributed by atoms with van der Waals surface area (Å²) in [4.78, 5) is 0. The van der Waals surface area contributed by atoms with Crippen LogP contribution < -0.4 is 15.4 Å². The average Bonchev–Trinajstić information content (AvgIpc) is 2.23. The van der Waals surface area contributed by atoms with Gasteiger partial charge in [-0.25, -0.2) is 0 Å². The normalized spacial score (nSPS) is 11.2. The third kappa shape index (κ3) is 4.53. The summed E-state index contributed by atoms with van der Waals surface area (Å²) < 4.78 is 5.26. The van der Waals surface area contributed by atoms with Crippen LogP contribution in [0.2, 0.25) is 0 Å². The van der Waals surface area contributed by atoms with Crippen LogP contribution >= 0.6 is 0 Å². The molecule has 3 nitrogen and oxygen atoms in total. The Kier molecular flexibility index (Phi) is 4.62. The Morgan fingerprint density at radius 2 is 1.81 bits per heavy atom. The first-order valence-corrected chi connectivity index (χ1v) is 5.65. The number of nitrogens with one attached hydrogen (secondary N) is 2. The lowest BCUT2D eigenvalue weighted by molar-refractivity contribution is 0.415. The third-order valence-corrected chi connectivity index (χ3v) is 2.20. The molecule has 1 aromatic carbocycles. The highest BCUT2D eigenvalue weighted by atomic mass is 16.5. The fourth-order valence-corrected chi connectivity index (χ4v) is 1.43. The Morgan fingerprint density at radius 1 is 1.12 bits per heavy atom. The molecule has 0 saturated heterocycles. The van der Waals surface area contributed by atoms with Crippen molar-refractivity contribution in [1.29, 1.82) is 0 Å². The first-order valence-electron chi connectivity index (χ1n) is 5.65. The molecule has 0 unspecified atom stereocenters. The number of hydrogen-bond acceptors (Lipinski definition) is 3. The molecule has 0 amide bonds. The molecule has 0 heterocycles. The quantitative estimate of drug-likeness (QED) is 0.751. The van der Waals surface area contributed by atoms with Crippen LogP contribution in [-0.2, 0) is 0 Å². The summed E-state index contributed by atoms with van der Waals surface area (Å²) in [6.45, 7) is 8.31. The van der Waals surface area contributed by atoms with Crippen molar-refractivity contribution in [2.75, 3.05) is 25.5 Å². The molecule has 0 bridgehead atoms. The summed E-state index contributed by atoms with van der Waals surface area (Å²) >= 11 is 0. The first-order chi connectivity index (χ1) is 7.53. The Labute approximate surface area is 98.2 Å². The van der Waals surface area contributed by atoms with Gasteiger partial charge in [0.1, 0.15) is 5.75 Å². The van der Waals surface area contributed by atoms with E-state index in [1.54, 1.807) is 7.11 Å². The van der Waals surface area contributed by atoms with E-state index in [2.05, 4.69) is 31.4 Å². The van der Waals surface area contributed by atoms with Crippen molar-refractivity contribution in [3.05, 3.63) is 24.3 Å². The van der Waals surface area contributed by atoms with E-state index in [0.717, 1.165) is 24.5 Å². The van der Waals surface area contributed by atoms with Crippen LogP contribution in [0.25, 0.3) is 0 Å². The van der Waals surface area contributed by atoms with Crippen LogP contribution in [0.3, 0.4) is 0 Å². The van der Waals surface area contributed by atoms with Crippen molar-refractivity contribution < 1.29 is 4.74 Å². The van der Waals surface area contributed by atoms with Crippen LogP contribution in [0.15, 0.2) is 24.3 Å². The number of anilines is 1. The molecule has 1 aromatic rings.